The van der Waals surface area contributed by atoms with Crippen molar-refractivity contribution < 1.29 is 4.74 Å². The highest BCUT2D eigenvalue weighted by molar-refractivity contribution is 6.30. The first-order valence-electron chi connectivity index (χ1n) is 6.24. The summed E-state index contributed by atoms with van der Waals surface area (Å²) in [6, 6.07) is 6.06. The van der Waals surface area contributed by atoms with Crippen molar-refractivity contribution in [2.45, 2.75) is 32.9 Å². The molecule has 2 atom stereocenters. The second kappa shape index (κ2) is 5.85. The topological polar surface area (TPSA) is 21.3 Å². The van der Waals surface area contributed by atoms with Gasteiger partial charge in [-0.2, -0.15) is 0 Å². The summed E-state index contributed by atoms with van der Waals surface area (Å²) in [4.78, 5) is 0. The fourth-order valence-corrected chi connectivity index (χ4v) is 2.52. The standard InChI is InChI=1S/C14H20ClNO/c1-10-7-14(15)4-3-12(10)8-16-9-13-5-6-17-11(13)2/h3-4,7,11,13,16H,5-6,8-9H2,1-2H3. The molecule has 1 aromatic carbocycles. The molecule has 1 aliphatic heterocycles. The monoisotopic (exact) mass is 253 g/mol. The van der Waals surface area contributed by atoms with E-state index in [2.05, 4.69) is 25.2 Å². The Bertz CT molecular complexity index is 380. The van der Waals surface area contributed by atoms with Crippen LogP contribution in [0.25, 0.3) is 0 Å². The van der Waals surface area contributed by atoms with E-state index in [4.69, 9.17) is 16.3 Å². The van der Waals surface area contributed by atoms with E-state index in [1.807, 2.05) is 12.1 Å². The zero-order valence-corrected chi connectivity index (χ0v) is 11.3. The molecule has 2 unspecified atom stereocenters. The zero-order chi connectivity index (χ0) is 12.3. The van der Waals surface area contributed by atoms with Gasteiger partial charge in [0.1, 0.15) is 0 Å². The van der Waals surface area contributed by atoms with Crippen molar-refractivity contribution in [2.24, 2.45) is 5.92 Å². The van der Waals surface area contributed by atoms with Gasteiger partial charge in [-0.15, -0.1) is 0 Å². The highest BCUT2D eigenvalue weighted by Crippen LogP contribution is 2.20. The van der Waals surface area contributed by atoms with Crippen LogP contribution in [0.5, 0.6) is 0 Å². The smallest absolute Gasteiger partial charge is 0.0588 e. The van der Waals surface area contributed by atoms with Gasteiger partial charge in [-0.1, -0.05) is 17.7 Å². The van der Waals surface area contributed by atoms with Gasteiger partial charge < -0.3 is 10.1 Å². The molecule has 0 aromatic heterocycles. The lowest BCUT2D eigenvalue weighted by molar-refractivity contribution is 0.105. The van der Waals surface area contributed by atoms with Gasteiger partial charge in [0.2, 0.25) is 0 Å². The third-order valence-corrected chi connectivity index (χ3v) is 3.79. The number of rotatable bonds is 4. The van der Waals surface area contributed by atoms with Crippen LogP contribution >= 0.6 is 11.6 Å². The van der Waals surface area contributed by atoms with Crippen molar-refractivity contribution in [2.75, 3.05) is 13.2 Å². The van der Waals surface area contributed by atoms with Gasteiger partial charge in [-0.25, -0.2) is 0 Å². The zero-order valence-electron chi connectivity index (χ0n) is 10.5. The third kappa shape index (κ3) is 3.44. The molecule has 1 fully saturated rings. The summed E-state index contributed by atoms with van der Waals surface area (Å²) in [5.74, 6) is 0.655. The molecule has 1 N–H and O–H groups in total. The summed E-state index contributed by atoms with van der Waals surface area (Å²) in [6.07, 6.45) is 1.57. The first-order chi connectivity index (χ1) is 8.16. The SMILES string of the molecule is Cc1cc(Cl)ccc1CNCC1CCOC1C. The van der Waals surface area contributed by atoms with Gasteiger partial charge >= 0.3 is 0 Å². The molecule has 0 amide bonds. The molecule has 2 rings (SSSR count). The minimum Gasteiger partial charge on any atom is -0.378 e. The molecular weight excluding hydrogens is 234 g/mol. The maximum Gasteiger partial charge on any atom is 0.0588 e. The Kier molecular flexibility index (Phi) is 4.43. The number of benzene rings is 1. The maximum atomic E-state index is 5.94. The number of hydrogen-bond acceptors (Lipinski definition) is 2. The first kappa shape index (κ1) is 12.9. The molecule has 1 heterocycles. The number of aryl methyl sites for hydroxylation is 1. The quantitative estimate of drug-likeness (QED) is 0.890. The molecule has 1 saturated heterocycles. The fraction of sp³-hybridized carbons (Fsp3) is 0.571. The molecule has 0 radical (unpaired) electrons. The lowest BCUT2D eigenvalue weighted by Crippen LogP contribution is -2.26. The van der Waals surface area contributed by atoms with Crippen LogP contribution in [0, 0.1) is 12.8 Å². The summed E-state index contributed by atoms with van der Waals surface area (Å²) >= 11 is 5.94. The van der Waals surface area contributed by atoms with Crippen molar-refractivity contribution in [1.29, 1.82) is 0 Å². The molecule has 1 aliphatic rings. The highest BCUT2D eigenvalue weighted by atomic mass is 35.5. The molecule has 94 valence electrons. The van der Waals surface area contributed by atoms with E-state index in [0.29, 0.717) is 12.0 Å². The van der Waals surface area contributed by atoms with E-state index >= 15 is 0 Å². The number of halogens is 1. The van der Waals surface area contributed by atoms with Crippen LogP contribution in [0.1, 0.15) is 24.5 Å². The van der Waals surface area contributed by atoms with Crippen LogP contribution in [-0.4, -0.2) is 19.3 Å². The Morgan fingerprint density at radius 2 is 2.29 bits per heavy atom. The summed E-state index contributed by atoms with van der Waals surface area (Å²) in [5, 5.41) is 4.32. The van der Waals surface area contributed by atoms with E-state index in [1.54, 1.807) is 0 Å². The van der Waals surface area contributed by atoms with Crippen LogP contribution in [-0.2, 0) is 11.3 Å². The average molecular weight is 254 g/mol. The molecule has 17 heavy (non-hydrogen) atoms. The second-order valence-electron chi connectivity index (χ2n) is 4.83. The van der Waals surface area contributed by atoms with Crippen molar-refractivity contribution in [3.63, 3.8) is 0 Å². The van der Waals surface area contributed by atoms with Crippen molar-refractivity contribution >= 4 is 11.6 Å². The van der Waals surface area contributed by atoms with Gasteiger partial charge in [-0.3, -0.25) is 0 Å². The van der Waals surface area contributed by atoms with Crippen LogP contribution in [0.4, 0.5) is 0 Å². The largest absolute Gasteiger partial charge is 0.378 e. The van der Waals surface area contributed by atoms with Gasteiger partial charge in [0, 0.05) is 24.7 Å². The van der Waals surface area contributed by atoms with Gasteiger partial charge in [-0.05, 0) is 49.4 Å². The van der Waals surface area contributed by atoms with Gasteiger partial charge in [0.25, 0.3) is 0 Å². The molecule has 0 saturated carbocycles. The first-order valence-corrected chi connectivity index (χ1v) is 6.62. The Morgan fingerprint density at radius 1 is 1.47 bits per heavy atom. The minimum absolute atomic E-state index is 0.397. The van der Waals surface area contributed by atoms with Gasteiger partial charge in [0.15, 0.2) is 0 Å². The van der Waals surface area contributed by atoms with E-state index in [0.717, 1.165) is 24.7 Å². The Labute approximate surface area is 108 Å². The number of hydrogen-bond donors (Lipinski definition) is 1. The predicted octanol–water partition coefficient (Wildman–Crippen LogP) is 3.16. The van der Waals surface area contributed by atoms with Crippen molar-refractivity contribution in [3.05, 3.63) is 34.3 Å². The van der Waals surface area contributed by atoms with E-state index in [1.165, 1.54) is 17.5 Å². The summed E-state index contributed by atoms with van der Waals surface area (Å²) in [7, 11) is 0. The molecule has 3 heteroatoms. The van der Waals surface area contributed by atoms with Gasteiger partial charge in [0.05, 0.1) is 6.10 Å². The van der Waals surface area contributed by atoms with Crippen molar-refractivity contribution in [1.82, 2.24) is 5.32 Å². The molecule has 2 nitrogen and oxygen atoms in total. The second-order valence-corrected chi connectivity index (χ2v) is 5.26. The van der Waals surface area contributed by atoms with Crippen LogP contribution < -0.4 is 5.32 Å². The van der Waals surface area contributed by atoms with E-state index in [-0.39, 0.29) is 0 Å². The van der Waals surface area contributed by atoms with Crippen LogP contribution in [0.15, 0.2) is 18.2 Å². The summed E-state index contributed by atoms with van der Waals surface area (Å²) in [6.45, 7) is 7.11. The average Bonchev–Trinajstić information content (AvgIpc) is 2.68. The number of nitrogens with one attached hydrogen (secondary N) is 1. The van der Waals surface area contributed by atoms with Crippen molar-refractivity contribution in [3.8, 4) is 0 Å². The lowest BCUT2D eigenvalue weighted by atomic mass is 10.0. The molecule has 1 aromatic rings. The van der Waals surface area contributed by atoms with Crippen LogP contribution in [0.3, 0.4) is 0 Å². The Balaban J connectivity index is 1.81. The van der Waals surface area contributed by atoms with E-state index in [9.17, 15) is 0 Å². The predicted molar refractivity (Wildman–Crippen MR) is 71.4 cm³/mol. The summed E-state index contributed by atoms with van der Waals surface area (Å²) in [5.41, 5.74) is 2.57. The van der Waals surface area contributed by atoms with E-state index < -0.39 is 0 Å². The summed E-state index contributed by atoms with van der Waals surface area (Å²) < 4.78 is 5.55. The minimum atomic E-state index is 0.397. The molecule has 0 bridgehead atoms. The fourth-order valence-electron chi connectivity index (χ4n) is 2.29. The Hall–Kier alpha value is -0.570. The molecular formula is C14H20ClNO. The lowest BCUT2D eigenvalue weighted by Gasteiger charge is -2.15. The molecule has 0 aliphatic carbocycles. The normalized spacial score (nSPS) is 24.2. The third-order valence-electron chi connectivity index (χ3n) is 3.56. The number of ether oxygens (including phenoxy) is 1. The Morgan fingerprint density at radius 3 is 2.94 bits per heavy atom. The maximum absolute atomic E-state index is 5.94. The highest BCUT2D eigenvalue weighted by Gasteiger charge is 2.23. The van der Waals surface area contributed by atoms with Crippen LogP contribution in [0.2, 0.25) is 5.02 Å². The molecule has 0 spiro atoms.